The van der Waals surface area contributed by atoms with E-state index < -0.39 is 0 Å². The van der Waals surface area contributed by atoms with Crippen molar-refractivity contribution in [2.75, 3.05) is 0 Å². The van der Waals surface area contributed by atoms with Crippen molar-refractivity contribution in [3.8, 4) is 0 Å². The van der Waals surface area contributed by atoms with Crippen molar-refractivity contribution >= 4 is 5.78 Å². The Hall–Kier alpha value is -1.15. The first-order valence-electron chi connectivity index (χ1n) is 5.48. The van der Waals surface area contributed by atoms with E-state index in [0.29, 0.717) is 6.42 Å². The van der Waals surface area contributed by atoms with Crippen molar-refractivity contribution in [3.05, 3.63) is 35.4 Å². The number of hydrogen-bond donors (Lipinski definition) is 1. The zero-order chi connectivity index (χ0) is 10.9. The Kier molecular flexibility index (Phi) is 2.61. The third-order valence-electron chi connectivity index (χ3n) is 3.24. The molecule has 0 aromatic heterocycles. The van der Waals surface area contributed by atoms with Crippen LogP contribution in [0.2, 0.25) is 0 Å². The third-order valence-corrected chi connectivity index (χ3v) is 3.24. The first kappa shape index (κ1) is 10.4. The number of carbonyl (C=O) groups excluding carboxylic acids is 1. The summed E-state index contributed by atoms with van der Waals surface area (Å²) in [5, 5.41) is 0. The maximum Gasteiger partial charge on any atom is 0.164 e. The van der Waals surface area contributed by atoms with Crippen molar-refractivity contribution in [3.63, 3.8) is 0 Å². The molecule has 0 amide bonds. The standard InChI is InChI=1S/C13H17NO/c1-10-3-5-11(6-4-10)12(15)9-13(14)7-2-8-13/h3-6H,2,7-9,14H2,1H3. The summed E-state index contributed by atoms with van der Waals surface area (Å²) in [4.78, 5) is 11.9. The maximum atomic E-state index is 11.9. The van der Waals surface area contributed by atoms with Crippen LogP contribution in [0.5, 0.6) is 0 Å². The summed E-state index contributed by atoms with van der Waals surface area (Å²) in [6.07, 6.45) is 3.64. The summed E-state index contributed by atoms with van der Waals surface area (Å²) in [7, 11) is 0. The van der Waals surface area contributed by atoms with Gasteiger partial charge in [-0.3, -0.25) is 4.79 Å². The van der Waals surface area contributed by atoms with E-state index in [2.05, 4.69) is 0 Å². The predicted octanol–water partition coefficient (Wildman–Crippen LogP) is 2.45. The van der Waals surface area contributed by atoms with E-state index in [9.17, 15) is 4.79 Å². The minimum atomic E-state index is -0.206. The lowest BCUT2D eigenvalue weighted by Crippen LogP contribution is -2.48. The molecule has 1 fully saturated rings. The number of ketones is 1. The normalized spacial score (nSPS) is 18.3. The van der Waals surface area contributed by atoms with Gasteiger partial charge in [-0.1, -0.05) is 29.8 Å². The fourth-order valence-corrected chi connectivity index (χ4v) is 1.97. The molecule has 1 saturated carbocycles. The Labute approximate surface area is 90.5 Å². The zero-order valence-corrected chi connectivity index (χ0v) is 9.12. The topological polar surface area (TPSA) is 43.1 Å². The Balaban J connectivity index is 2.04. The van der Waals surface area contributed by atoms with Crippen LogP contribution in [0.25, 0.3) is 0 Å². The van der Waals surface area contributed by atoms with Gasteiger partial charge in [0.1, 0.15) is 0 Å². The highest BCUT2D eigenvalue weighted by Crippen LogP contribution is 2.33. The van der Waals surface area contributed by atoms with Gasteiger partial charge in [0, 0.05) is 17.5 Å². The maximum absolute atomic E-state index is 11.9. The average molecular weight is 203 g/mol. The molecule has 1 aliphatic carbocycles. The first-order valence-corrected chi connectivity index (χ1v) is 5.48. The van der Waals surface area contributed by atoms with Gasteiger partial charge in [-0.25, -0.2) is 0 Å². The fourth-order valence-electron chi connectivity index (χ4n) is 1.97. The summed E-state index contributed by atoms with van der Waals surface area (Å²) in [5.74, 6) is 0.178. The van der Waals surface area contributed by atoms with E-state index in [-0.39, 0.29) is 11.3 Å². The highest BCUT2D eigenvalue weighted by Gasteiger charge is 2.34. The van der Waals surface area contributed by atoms with E-state index in [1.54, 1.807) is 0 Å². The quantitative estimate of drug-likeness (QED) is 0.767. The van der Waals surface area contributed by atoms with Gasteiger partial charge < -0.3 is 5.73 Å². The second kappa shape index (κ2) is 3.78. The molecule has 15 heavy (non-hydrogen) atoms. The molecule has 2 heteroatoms. The van der Waals surface area contributed by atoms with Crippen molar-refractivity contribution in [1.29, 1.82) is 0 Å². The molecular formula is C13H17NO. The van der Waals surface area contributed by atoms with Crippen LogP contribution in [0.1, 0.15) is 41.6 Å². The second-order valence-corrected chi connectivity index (χ2v) is 4.68. The van der Waals surface area contributed by atoms with Gasteiger partial charge in [-0.2, -0.15) is 0 Å². The summed E-state index contributed by atoms with van der Waals surface area (Å²) >= 11 is 0. The Bertz CT molecular complexity index is 363. The monoisotopic (exact) mass is 203 g/mol. The Morgan fingerprint density at radius 2 is 1.93 bits per heavy atom. The fraction of sp³-hybridized carbons (Fsp3) is 0.462. The summed E-state index contributed by atoms with van der Waals surface area (Å²) in [5.41, 5.74) is 7.81. The number of benzene rings is 1. The summed E-state index contributed by atoms with van der Waals surface area (Å²) < 4.78 is 0. The number of carbonyl (C=O) groups is 1. The largest absolute Gasteiger partial charge is 0.325 e. The lowest BCUT2D eigenvalue weighted by atomic mass is 9.74. The summed E-state index contributed by atoms with van der Waals surface area (Å²) in [6.45, 7) is 2.02. The minimum absolute atomic E-state index is 0.178. The molecule has 0 radical (unpaired) electrons. The third kappa shape index (κ3) is 2.26. The van der Waals surface area contributed by atoms with Gasteiger partial charge in [0.15, 0.2) is 5.78 Å². The first-order chi connectivity index (χ1) is 7.09. The van der Waals surface area contributed by atoms with E-state index in [0.717, 1.165) is 24.8 Å². The number of rotatable bonds is 3. The molecule has 1 aromatic rings. The number of aryl methyl sites for hydroxylation is 1. The zero-order valence-electron chi connectivity index (χ0n) is 9.12. The van der Waals surface area contributed by atoms with Gasteiger partial charge in [0.25, 0.3) is 0 Å². The molecule has 0 atom stereocenters. The highest BCUT2D eigenvalue weighted by atomic mass is 16.1. The number of Topliss-reactive ketones (excluding diaryl/α,β-unsaturated/α-hetero) is 1. The molecule has 1 aromatic carbocycles. The average Bonchev–Trinajstić information content (AvgIpc) is 2.16. The molecule has 0 aliphatic heterocycles. The van der Waals surface area contributed by atoms with Crippen molar-refractivity contribution in [2.45, 2.75) is 38.1 Å². The molecule has 0 spiro atoms. The van der Waals surface area contributed by atoms with Gasteiger partial charge in [0.05, 0.1) is 0 Å². The molecule has 2 nitrogen and oxygen atoms in total. The molecule has 80 valence electrons. The highest BCUT2D eigenvalue weighted by molar-refractivity contribution is 5.96. The van der Waals surface area contributed by atoms with E-state index in [1.807, 2.05) is 31.2 Å². The number of hydrogen-bond acceptors (Lipinski definition) is 2. The molecule has 0 saturated heterocycles. The predicted molar refractivity (Wildman–Crippen MR) is 60.9 cm³/mol. The second-order valence-electron chi connectivity index (χ2n) is 4.68. The molecule has 2 rings (SSSR count). The van der Waals surface area contributed by atoms with Crippen LogP contribution in [0, 0.1) is 6.92 Å². The number of nitrogens with two attached hydrogens (primary N) is 1. The minimum Gasteiger partial charge on any atom is -0.325 e. The van der Waals surface area contributed by atoms with Crippen LogP contribution in [0.15, 0.2) is 24.3 Å². The van der Waals surface area contributed by atoms with E-state index in [4.69, 9.17) is 5.73 Å². The van der Waals surface area contributed by atoms with Gasteiger partial charge in [0.2, 0.25) is 0 Å². The van der Waals surface area contributed by atoms with Gasteiger partial charge >= 0.3 is 0 Å². The van der Waals surface area contributed by atoms with E-state index >= 15 is 0 Å². The Morgan fingerprint density at radius 1 is 1.33 bits per heavy atom. The van der Waals surface area contributed by atoms with E-state index in [1.165, 1.54) is 5.56 Å². The van der Waals surface area contributed by atoms with Crippen LogP contribution >= 0.6 is 0 Å². The lowest BCUT2D eigenvalue weighted by Gasteiger charge is -2.37. The molecule has 0 heterocycles. The van der Waals surface area contributed by atoms with Crippen LogP contribution in [0.4, 0.5) is 0 Å². The molecular weight excluding hydrogens is 186 g/mol. The van der Waals surface area contributed by atoms with Gasteiger partial charge in [-0.05, 0) is 26.2 Å². The molecule has 0 unspecified atom stereocenters. The van der Waals surface area contributed by atoms with Crippen LogP contribution < -0.4 is 5.73 Å². The van der Waals surface area contributed by atoms with Crippen molar-refractivity contribution in [1.82, 2.24) is 0 Å². The lowest BCUT2D eigenvalue weighted by molar-refractivity contribution is 0.0912. The molecule has 1 aliphatic rings. The smallest absolute Gasteiger partial charge is 0.164 e. The SMILES string of the molecule is Cc1ccc(C(=O)CC2(N)CCC2)cc1. The van der Waals surface area contributed by atoms with Crippen molar-refractivity contribution < 1.29 is 4.79 Å². The van der Waals surface area contributed by atoms with Crippen LogP contribution in [-0.2, 0) is 0 Å². The molecule has 2 N–H and O–H groups in total. The Morgan fingerprint density at radius 3 is 2.40 bits per heavy atom. The van der Waals surface area contributed by atoms with Gasteiger partial charge in [-0.15, -0.1) is 0 Å². The van der Waals surface area contributed by atoms with Crippen LogP contribution in [0.3, 0.4) is 0 Å². The molecule has 0 bridgehead atoms. The van der Waals surface area contributed by atoms with Crippen LogP contribution in [-0.4, -0.2) is 11.3 Å². The summed E-state index contributed by atoms with van der Waals surface area (Å²) in [6, 6.07) is 7.72. The van der Waals surface area contributed by atoms with Crippen molar-refractivity contribution in [2.24, 2.45) is 5.73 Å².